The van der Waals surface area contributed by atoms with Crippen LogP contribution in [-0.2, 0) is 38.1 Å². The van der Waals surface area contributed by atoms with Gasteiger partial charge >= 0.3 is 11.9 Å². The summed E-state index contributed by atoms with van der Waals surface area (Å²) in [5.74, 6) is -0.398. The van der Waals surface area contributed by atoms with Gasteiger partial charge in [-0.25, -0.2) is 4.79 Å². The van der Waals surface area contributed by atoms with E-state index in [2.05, 4.69) is 20.8 Å². The first-order valence-corrected chi connectivity index (χ1v) is 14.0. The van der Waals surface area contributed by atoms with E-state index in [0.29, 0.717) is 26.1 Å². The van der Waals surface area contributed by atoms with Crippen molar-refractivity contribution in [3.8, 4) is 0 Å². The number of hydrogen-bond acceptors (Lipinski definition) is 8. The molecule has 0 radical (unpaired) electrons. The molecule has 7 rings (SSSR count). The summed E-state index contributed by atoms with van der Waals surface area (Å²) in [6, 6.07) is 0. The molecule has 4 aliphatic heterocycles. The summed E-state index contributed by atoms with van der Waals surface area (Å²) in [4.78, 5) is 39.8. The lowest BCUT2D eigenvalue weighted by Gasteiger charge is -2.53. The van der Waals surface area contributed by atoms with Gasteiger partial charge in [-0.1, -0.05) is 20.8 Å². The van der Waals surface area contributed by atoms with E-state index >= 15 is 0 Å². The number of esters is 2. The number of nitrogens with zero attached hydrogens (tertiary/aromatic N) is 1. The fourth-order valence-electron chi connectivity index (χ4n) is 8.98. The Bertz CT molecular complexity index is 1130. The summed E-state index contributed by atoms with van der Waals surface area (Å²) in [6.45, 7) is 11.9. The van der Waals surface area contributed by atoms with Gasteiger partial charge in [0.2, 0.25) is 5.91 Å². The average Bonchev–Trinajstić information content (AvgIpc) is 3.77. The van der Waals surface area contributed by atoms with E-state index in [9.17, 15) is 14.4 Å². The number of fused-ring (bicyclic) bond motifs is 4. The van der Waals surface area contributed by atoms with Crippen molar-refractivity contribution < 1.29 is 38.1 Å². The van der Waals surface area contributed by atoms with Gasteiger partial charge in [0.25, 0.3) is 0 Å². The SMILES string of the molecule is CCN(CC)C(=O)CCC(=O)OC1[C@@]2(C(C)C)O[C@H]2[C@@H]2O[C@@]23[C@@]2(C)CCC4=C(COC4=O)[C@@H]2C[C@@H]2O[C@@]123. The average molecular weight is 516 g/mol. The summed E-state index contributed by atoms with van der Waals surface area (Å²) in [7, 11) is 0. The maximum atomic E-state index is 13.2. The van der Waals surface area contributed by atoms with Crippen LogP contribution in [0.25, 0.3) is 0 Å². The lowest BCUT2D eigenvalue weighted by Crippen LogP contribution is -2.70. The zero-order valence-corrected chi connectivity index (χ0v) is 22.3. The van der Waals surface area contributed by atoms with Crippen LogP contribution in [0.15, 0.2) is 11.1 Å². The zero-order chi connectivity index (χ0) is 26.1. The third-order valence-electron chi connectivity index (χ3n) is 11.0. The van der Waals surface area contributed by atoms with Crippen molar-refractivity contribution in [3.63, 3.8) is 0 Å². The van der Waals surface area contributed by atoms with E-state index in [1.165, 1.54) is 0 Å². The lowest BCUT2D eigenvalue weighted by atomic mass is 9.46. The van der Waals surface area contributed by atoms with Gasteiger partial charge in [-0.05, 0) is 50.5 Å². The highest BCUT2D eigenvalue weighted by Crippen LogP contribution is 2.83. The number of ether oxygens (including phenoxy) is 5. The van der Waals surface area contributed by atoms with Crippen LogP contribution in [0.2, 0.25) is 0 Å². The standard InChI is InChI=1S/C28H37NO8/c1-6-29(7-2)19(30)8-9-20(31)34-24-26(14(3)4)21(36-26)22-28(37-22)25(5)11-10-15-16(13-33-23(15)32)17(25)12-18-27(24,28)35-18/h14,17-18,21-22,24H,6-13H2,1-5H3/t17-,18-,21-,22-,24?,25-,26-,27+,28+/m0/s1. The Hall–Kier alpha value is -1.97. The number of rotatable bonds is 7. The molecule has 0 aromatic heterocycles. The molecule has 5 fully saturated rings. The summed E-state index contributed by atoms with van der Waals surface area (Å²) in [5, 5.41) is 0. The van der Waals surface area contributed by atoms with E-state index in [-0.39, 0.29) is 60.3 Å². The number of carbonyl (C=O) groups excluding carboxylic acids is 3. The van der Waals surface area contributed by atoms with Gasteiger partial charge in [0, 0.05) is 30.5 Å². The van der Waals surface area contributed by atoms with Crippen molar-refractivity contribution in [2.75, 3.05) is 19.7 Å². The molecule has 1 unspecified atom stereocenters. The molecule has 202 valence electrons. The first kappa shape index (κ1) is 24.1. The number of carbonyl (C=O) groups is 3. The van der Waals surface area contributed by atoms with Crippen molar-refractivity contribution in [3.05, 3.63) is 11.1 Å². The largest absolute Gasteiger partial charge is 0.458 e. The molecule has 3 aliphatic carbocycles. The Labute approximate surface area is 217 Å². The molecule has 0 bridgehead atoms. The fourth-order valence-corrected chi connectivity index (χ4v) is 8.98. The third kappa shape index (κ3) is 2.64. The number of hydrogen-bond donors (Lipinski definition) is 0. The molecule has 0 aromatic rings. The van der Waals surface area contributed by atoms with Crippen molar-refractivity contribution in [2.45, 2.75) is 108 Å². The van der Waals surface area contributed by atoms with Crippen molar-refractivity contribution >= 4 is 17.8 Å². The van der Waals surface area contributed by atoms with Crippen LogP contribution in [-0.4, -0.2) is 83.7 Å². The predicted molar refractivity (Wildman–Crippen MR) is 128 cm³/mol. The highest BCUT2D eigenvalue weighted by atomic mass is 16.8. The second-order valence-electron chi connectivity index (χ2n) is 12.4. The van der Waals surface area contributed by atoms with Crippen LogP contribution in [0.5, 0.6) is 0 Å². The summed E-state index contributed by atoms with van der Waals surface area (Å²) < 4.78 is 31.5. The molecule has 9 heteroatoms. The topological polar surface area (TPSA) is 110 Å². The Morgan fingerprint density at radius 3 is 2.57 bits per heavy atom. The van der Waals surface area contributed by atoms with Crippen LogP contribution < -0.4 is 0 Å². The van der Waals surface area contributed by atoms with E-state index in [1.54, 1.807) is 4.90 Å². The van der Waals surface area contributed by atoms with E-state index < -0.39 is 28.9 Å². The second kappa shape index (κ2) is 7.36. The molecule has 7 aliphatic rings. The van der Waals surface area contributed by atoms with Crippen LogP contribution >= 0.6 is 0 Å². The molecule has 0 N–H and O–H groups in total. The summed E-state index contributed by atoms with van der Waals surface area (Å²) in [5.41, 5.74) is -0.380. The minimum Gasteiger partial charge on any atom is -0.458 e. The van der Waals surface area contributed by atoms with Crippen LogP contribution in [0, 0.1) is 17.3 Å². The predicted octanol–water partition coefficient (Wildman–Crippen LogP) is 2.30. The first-order chi connectivity index (χ1) is 17.6. The first-order valence-electron chi connectivity index (χ1n) is 14.0. The number of cyclic esters (lactones) is 1. The molecule has 2 spiro atoms. The molecule has 37 heavy (non-hydrogen) atoms. The smallest absolute Gasteiger partial charge is 0.334 e. The van der Waals surface area contributed by atoms with Crippen LogP contribution in [0.3, 0.4) is 0 Å². The van der Waals surface area contributed by atoms with Crippen LogP contribution in [0.4, 0.5) is 0 Å². The minimum atomic E-state index is -0.764. The van der Waals surface area contributed by atoms with Gasteiger partial charge in [0.15, 0.2) is 11.7 Å². The molecule has 4 heterocycles. The quantitative estimate of drug-likeness (QED) is 0.375. The zero-order valence-electron chi connectivity index (χ0n) is 22.3. The molecule has 0 aromatic carbocycles. The van der Waals surface area contributed by atoms with Crippen molar-refractivity contribution in [2.24, 2.45) is 17.3 Å². The van der Waals surface area contributed by atoms with Gasteiger partial charge in [0.1, 0.15) is 30.0 Å². The highest BCUT2D eigenvalue weighted by Gasteiger charge is 3.01. The number of epoxide rings is 3. The van der Waals surface area contributed by atoms with Gasteiger partial charge in [-0.15, -0.1) is 0 Å². The molecule has 1 amide bonds. The van der Waals surface area contributed by atoms with Crippen molar-refractivity contribution in [1.29, 1.82) is 0 Å². The maximum absolute atomic E-state index is 13.2. The van der Waals surface area contributed by atoms with E-state index in [0.717, 1.165) is 24.0 Å². The molecular weight excluding hydrogens is 478 g/mol. The van der Waals surface area contributed by atoms with Gasteiger partial charge in [-0.3, -0.25) is 9.59 Å². The number of amides is 1. The van der Waals surface area contributed by atoms with Crippen LogP contribution in [0.1, 0.15) is 66.7 Å². The third-order valence-corrected chi connectivity index (χ3v) is 11.0. The Kier molecular flexibility index (Phi) is 4.79. The monoisotopic (exact) mass is 515 g/mol. The molecule has 9 atom stereocenters. The van der Waals surface area contributed by atoms with Gasteiger partial charge < -0.3 is 28.6 Å². The van der Waals surface area contributed by atoms with Crippen molar-refractivity contribution in [1.82, 2.24) is 4.90 Å². The van der Waals surface area contributed by atoms with Gasteiger partial charge in [0.05, 0.1) is 12.5 Å². The summed E-state index contributed by atoms with van der Waals surface area (Å²) >= 11 is 0. The maximum Gasteiger partial charge on any atom is 0.334 e. The van der Waals surface area contributed by atoms with E-state index in [4.69, 9.17) is 23.7 Å². The normalized spacial score (nSPS) is 47.5. The Morgan fingerprint density at radius 2 is 1.86 bits per heavy atom. The Balaban J connectivity index is 1.20. The molecular formula is C28H37NO8. The Morgan fingerprint density at radius 1 is 1.11 bits per heavy atom. The fraction of sp³-hybridized carbons (Fsp3) is 0.821. The minimum absolute atomic E-state index is 0.0261. The second-order valence-corrected chi connectivity index (χ2v) is 12.4. The molecule has 3 saturated heterocycles. The highest BCUT2D eigenvalue weighted by molar-refractivity contribution is 5.92. The van der Waals surface area contributed by atoms with Gasteiger partial charge in [-0.2, -0.15) is 0 Å². The lowest BCUT2D eigenvalue weighted by molar-refractivity contribution is -0.170. The molecule has 9 nitrogen and oxygen atoms in total. The van der Waals surface area contributed by atoms with E-state index in [1.807, 2.05) is 13.8 Å². The molecule has 2 saturated carbocycles. The summed E-state index contributed by atoms with van der Waals surface area (Å²) in [6.07, 6.45) is 1.33.